The Morgan fingerprint density at radius 3 is 1.27 bits per heavy atom. The Balaban J connectivity index is 1.23. The lowest BCUT2D eigenvalue weighted by Gasteiger charge is -2.23. The minimum Gasteiger partial charge on any atom is -0.508 e. The molecular weight excluding hydrogens is 556 g/mol. The molecule has 4 aromatic carbocycles. The summed E-state index contributed by atoms with van der Waals surface area (Å²) in [5, 5.41) is 43.3. The van der Waals surface area contributed by atoms with Gasteiger partial charge in [0, 0.05) is 12.8 Å². The van der Waals surface area contributed by atoms with Gasteiger partial charge >= 0.3 is 0 Å². The summed E-state index contributed by atoms with van der Waals surface area (Å²) in [4.78, 5) is 0. The topological polar surface area (TPSA) is 80.9 Å². The third-order valence-electron chi connectivity index (χ3n) is 10.3. The lowest BCUT2D eigenvalue weighted by atomic mass is 9.82. The summed E-state index contributed by atoms with van der Waals surface area (Å²) in [6.45, 7) is 3.91. The predicted octanol–water partition coefficient (Wildman–Crippen LogP) is 9.99. The van der Waals surface area contributed by atoms with Crippen molar-refractivity contribution >= 4 is 0 Å². The molecule has 4 heteroatoms. The normalized spacial score (nSPS) is 16.2. The third kappa shape index (κ3) is 7.16. The minimum absolute atomic E-state index is 0.328. The Kier molecular flexibility index (Phi) is 9.40. The summed E-state index contributed by atoms with van der Waals surface area (Å²) in [6, 6.07) is 20.2. The molecule has 0 bridgehead atoms. The number of hydrogen-bond acceptors (Lipinski definition) is 4. The molecule has 4 nitrogen and oxygen atoms in total. The molecule has 0 amide bonds. The van der Waals surface area contributed by atoms with Gasteiger partial charge in [-0.1, -0.05) is 87.1 Å². The van der Waals surface area contributed by atoms with E-state index in [1.54, 1.807) is 0 Å². The van der Waals surface area contributed by atoms with Gasteiger partial charge in [0.25, 0.3) is 0 Å². The Morgan fingerprint density at radius 1 is 0.467 bits per heavy atom. The van der Waals surface area contributed by atoms with Gasteiger partial charge in [0.05, 0.1) is 0 Å². The highest BCUT2D eigenvalue weighted by molar-refractivity contribution is 5.51. The van der Waals surface area contributed by atoms with Crippen molar-refractivity contribution in [3.05, 3.63) is 116 Å². The molecule has 2 saturated carbocycles. The highest BCUT2D eigenvalue weighted by Gasteiger charge is 2.21. The van der Waals surface area contributed by atoms with Gasteiger partial charge in [-0.3, -0.25) is 0 Å². The monoisotopic (exact) mass is 604 g/mol. The first-order valence-corrected chi connectivity index (χ1v) is 17.0. The fourth-order valence-corrected chi connectivity index (χ4v) is 7.93. The zero-order valence-electron chi connectivity index (χ0n) is 26.9. The molecule has 0 atom stereocenters. The minimum atomic E-state index is 0.328. The van der Waals surface area contributed by atoms with Gasteiger partial charge < -0.3 is 20.4 Å². The second kappa shape index (κ2) is 13.6. The Labute approximate surface area is 268 Å². The quantitative estimate of drug-likeness (QED) is 0.161. The molecule has 0 heterocycles. The molecule has 0 saturated heterocycles. The van der Waals surface area contributed by atoms with E-state index in [1.807, 2.05) is 38.1 Å². The van der Waals surface area contributed by atoms with E-state index in [9.17, 15) is 20.4 Å². The van der Waals surface area contributed by atoms with Crippen LogP contribution in [0.25, 0.3) is 0 Å². The molecule has 45 heavy (non-hydrogen) atoms. The molecule has 236 valence electrons. The van der Waals surface area contributed by atoms with Crippen LogP contribution in [0.3, 0.4) is 0 Å². The molecule has 0 aromatic heterocycles. The summed E-state index contributed by atoms with van der Waals surface area (Å²) in [5.41, 5.74) is 10.0. The van der Waals surface area contributed by atoms with Crippen molar-refractivity contribution in [3.63, 3.8) is 0 Å². The van der Waals surface area contributed by atoms with E-state index in [0.29, 0.717) is 54.1 Å². The molecule has 0 radical (unpaired) electrons. The Bertz CT molecular complexity index is 1530. The SMILES string of the molecule is Cc1cc(Cc2cc(C)c(O)c(Cc3ccc(O)c(C4CCCCC4)c3)c2)cc(Cc2ccc(O)c(C3CCCCC3)c2)c1O. The molecule has 0 aliphatic heterocycles. The second-order valence-electron chi connectivity index (χ2n) is 13.8. The molecular formula is C41H48O4. The molecule has 4 N–H and O–H groups in total. The number of phenols is 4. The van der Waals surface area contributed by atoms with Crippen molar-refractivity contribution in [2.24, 2.45) is 0 Å². The van der Waals surface area contributed by atoms with Crippen molar-refractivity contribution in [3.8, 4) is 23.0 Å². The summed E-state index contributed by atoms with van der Waals surface area (Å²) < 4.78 is 0. The number of benzene rings is 4. The molecule has 4 aromatic rings. The number of rotatable bonds is 8. The first-order valence-electron chi connectivity index (χ1n) is 17.0. The van der Waals surface area contributed by atoms with Crippen LogP contribution in [0.15, 0.2) is 60.7 Å². The van der Waals surface area contributed by atoms with Crippen LogP contribution in [0, 0.1) is 13.8 Å². The van der Waals surface area contributed by atoms with Crippen LogP contribution in [0.1, 0.15) is 132 Å². The van der Waals surface area contributed by atoms with Crippen LogP contribution in [0.5, 0.6) is 23.0 Å². The maximum atomic E-state index is 11.0. The predicted molar refractivity (Wildman–Crippen MR) is 182 cm³/mol. The highest BCUT2D eigenvalue weighted by atomic mass is 16.3. The zero-order chi connectivity index (χ0) is 31.5. The van der Waals surface area contributed by atoms with Crippen molar-refractivity contribution in [2.45, 2.75) is 109 Å². The zero-order valence-corrected chi connectivity index (χ0v) is 26.9. The lowest BCUT2D eigenvalue weighted by molar-refractivity contribution is 0.414. The molecule has 2 aliphatic rings. The maximum absolute atomic E-state index is 11.0. The van der Waals surface area contributed by atoms with Crippen LogP contribution >= 0.6 is 0 Å². The molecule has 2 fully saturated rings. The van der Waals surface area contributed by atoms with Gasteiger partial charge in [-0.25, -0.2) is 0 Å². The van der Waals surface area contributed by atoms with E-state index in [4.69, 9.17) is 0 Å². The number of phenolic OH excluding ortho intramolecular Hbond substituents is 4. The van der Waals surface area contributed by atoms with E-state index in [0.717, 1.165) is 81.3 Å². The Morgan fingerprint density at radius 2 is 0.867 bits per heavy atom. The standard InChI is InChI=1S/C41H48O4/c1-26-17-30(22-34(40(26)44)20-28-13-15-38(42)36(24-28)32-9-5-3-6-10-32)19-31-18-27(2)41(45)35(23-31)21-29-14-16-39(43)37(25-29)33-11-7-4-8-12-33/h13-18,22-25,32-33,42-45H,3-12,19-21H2,1-2H3. The van der Waals surface area contributed by atoms with Gasteiger partial charge in [-0.05, 0) is 126 Å². The van der Waals surface area contributed by atoms with Crippen molar-refractivity contribution in [2.75, 3.05) is 0 Å². The highest BCUT2D eigenvalue weighted by Crippen LogP contribution is 2.40. The number of aryl methyl sites for hydroxylation is 2. The van der Waals surface area contributed by atoms with E-state index in [1.165, 1.54) is 38.5 Å². The number of hydrogen-bond donors (Lipinski definition) is 4. The van der Waals surface area contributed by atoms with Crippen LogP contribution in [0.4, 0.5) is 0 Å². The van der Waals surface area contributed by atoms with E-state index < -0.39 is 0 Å². The first kappa shape index (κ1) is 31.1. The summed E-state index contributed by atoms with van der Waals surface area (Å²) >= 11 is 0. The van der Waals surface area contributed by atoms with Crippen molar-refractivity contribution < 1.29 is 20.4 Å². The van der Waals surface area contributed by atoms with Gasteiger partial charge in [-0.15, -0.1) is 0 Å². The van der Waals surface area contributed by atoms with Gasteiger partial charge in [0.1, 0.15) is 23.0 Å². The van der Waals surface area contributed by atoms with E-state index in [2.05, 4.69) is 36.4 Å². The third-order valence-corrected chi connectivity index (χ3v) is 10.3. The van der Waals surface area contributed by atoms with Gasteiger partial charge in [0.15, 0.2) is 0 Å². The Hall–Kier alpha value is -3.92. The van der Waals surface area contributed by atoms with Crippen molar-refractivity contribution in [1.29, 1.82) is 0 Å². The summed E-state index contributed by atoms with van der Waals surface area (Å²) in [7, 11) is 0. The molecule has 6 rings (SSSR count). The van der Waals surface area contributed by atoms with Crippen LogP contribution in [0.2, 0.25) is 0 Å². The van der Waals surface area contributed by atoms with E-state index >= 15 is 0 Å². The molecule has 0 spiro atoms. The van der Waals surface area contributed by atoms with Crippen molar-refractivity contribution in [1.82, 2.24) is 0 Å². The smallest absolute Gasteiger partial charge is 0.122 e. The van der Waals surface area contributed by atoms with Crippen LogP contribution < -0.4 is 0 Å². The molecule has 2 aliphatic carbocycles. The second-order valence-corrected chi connectivity index (χ2v) is 13.8. The van der Waals surface area contributed by atoms with Gasteiger partial charge in [0.2, 0.25) is 0 Å². The van der Waals surface area contributed by atoms with Crippen LogP contribution in [-0.2, 0) is 19.3 Å². The largest absolute Gasteiger partial charge is 0.508 e. The summed E-state index contributed by atoms with van der Waals surface area (Å²) in [5.74, 6) is 2.25. The average Bonchev–Trinajstić information content (AvgIpc) is 3.04. The fourth-order valence-electron chi connectivity index (χ4n) is 7.93. The van der Waals surface area contributed by atoms with E-state index in [-0.39, 0.29) is 0 Å². The lowest BCUT2D eigenvalue weighted by Crippen LogP contribution is -2.05. The fraction of sp³-hybridized carbons (Fsp3) is 0.415. The van der Waals surface area contributed by atoms with Gasteiger partial charge in [-0.2, -0.15) is 0 Å². The number of aromatic hydroxyl groups is 4. The maximum Gasteiger partial charge on any atom is 0.122 e. The molecule has 0 unspecified atom stereocenters. The summed E-state index contributed by atoms with van der Waals surface area (Å²) in [6.07, 6.45) is 13.8. The first-order chi connectivity index (χ1) is 21.7. The average molecular weight is 605 g/mol. The van der Waals surface area contributed by atoms with Crippen LogP contribution in [-0.4, -0.2) is 20.4 Å².